The van der Waals surface area contributed by atoms with Gasteiger partial charge in [0, 0.05) is 21.1 Å². The molecule has 0 aliphatic rings. The Morgan fingerprint density at radius 2 is 1.60 bits per heavy atom. The summed E-state index contributed by atoms with van der Waals surface area (Å²) >= 11 is 3.33. The van der Waals surface area contributed by atoms with Crippen LogP contribution in [0.2, 0.25) is 0 Å². The lowest BCUT2D eigenvalue weighted by Gasteiger charge is -2.07. The second-order valence-electron chi connectivity index (χ2n) is 6.39. The maximum absolute atomic E-state index is 12.9. The Morgan fingerprint density at radius 3 is 2.40 bits per heavy atom. The SMILES string of the molecule is O=C(N/N=c1/oc2ccccc2cc1C(=O)Nc1ccccc1)c1cccc(Br)c1. The molecule has 0 unspecified atom stereocenters. The van der Waals surface area contributed by atoms with Crippen LogP contribution in [0.15, 0.2) is 98.9 Å². The zero-order valence-electron chi connectivity index (χ0n) is 15.6. The Labute approximate surface area is 180 Å². The maximum Gasteiger partial charge on any atom is 0.271 e. The van der Waals surface area contributed by atoms with Gasteiger partial charge in [-0.25, -0.2) is 5.43 Å². The van der Waals surface area contributed by atoms with Gasteiger partial charge in [-0.3, -0.25) is 9.59 Å². The summed E-state index contributed by atoms with van der Waals surface area (Å²) in [6.07, 6.45) is 0. The first-order chi connectivity index (χ1) is 14.6. The molecular formula is C23H16BrN3O3. The van der Waals surface area contributed by atoms with Gasteiger partial charge in [-0.2, -0.15) is 0 Å². The predicted octanol–water partition coefficient (Wildman–Crippen LogP) is 4.69. The Balaban J connectivity index is 1.71. The van der Waals surface area contributed by atoms with Crippen LogP contribution in [0.4, 0.5) is 5.69 Å². The van der Waals surface area contributed by atoms with Crippen LogP contribution >= 0.6 is 15.9 Å². The van der Waals surface area contributed by atoms with Gasteiger partial charge in [0.15, 0.2) is 0 Å². The Kier molecular flexibility index (Phi) is 5.72. The third kappa shape index (κ3) is 4.47. The number of rotatable bonds is 4. The van der Waals surface area contributed by atoms with Crippen LogP contribution < -0.4 is 16.3 Å². The summed E-state index contributed by atoms with van der Waals surface area (Å²) in [4.78, 5) is 25.3. The fourth-order valence-corrected chi connectivity index (χ4v) is 3.23. The predicted molar refractivity (Wildman–Crippen MR) is 118 cm³/mol. The molecule has 30 heavy (non-hydrogen) atoms. The summed E-state index contributed by atoms with van der Waals surface area (Å²) in [6.45, 7) is 0. The molecule has 4 aromatic rings. The van der Waals surface area contributed by atoms with Gasteiger partial charge in [0.25, 0.3) is 11.8 Å². The number of fused-ring (bicyclic) bond motifs is 1. The van der Waals surface area contributed by atoms with Crippen LogP contribution in [-0.4, -0.2) is 11.8 Å². The van der Waals surface area contributed by atoms with Crippen LogP contribution in [0.5, 0.6) is 0 Å². The molecule has 0 aliphatic heterocycles. The second kappa shape index (κ2) is 8.75. The summed E-state index contributed by atoms with van der Waals surface area (Å²) in [5.74, 6) is -0.819. The van der Waals surface area contributed by atoms with Crippen molar-refractivity contribution in [1.82, 2.24) is 5.43 Å². The van der Waals surface area contributed by atoms with E-state index in [1.807, 2.05) is 42.5 Å². The van der Waals surface area contributed by atoms with Crippen molar-refractivity contribution in [2.45, 2.75) is 0 Å². The van der Waals surface area contributed by atoms with Crippen molar-refractivity contribution in [3.63, 3.8) is 0 Å². The number of benzene rings is 3. The van der Waals surface area contributed by atoms with Crippen LogP contribution in [0, 0.1) is 0 Å². The number of carbonyl (C=O) groups excluding carboxylic acids is 2. The lowest BCUT2D eigenvalue weighted by molar-refractivity contribution is 0.0947. The van der Waals surface area contributed by atoms with Crippen molar-refractivity contribution >= 4 is 44.4 Å². The number of anilines is 1. The van der Waals surface area contributed by atoms with E-state index < -0.39 is 11.8 Å². The molecule has 1 aromatic heterocycles. The highest BCUT2D eigenvalue weighted by atomic mass is 79.9. The number of amides is 2. The largest absolute Gasteiger partial charge is 0.436 e. The molecule has 148 valence electrons. The van der Waals surface area contributed by atoms with Crippen LogP contribution in [0.1, 0.15) is 20.7 Å². The van der Waals surface area contributed by atoms with E-state index >= 15 is 0 Å². The molecule has 3 aromatic carbocycles. The molecule has 2 amide bonds. The molecule has 4 rings (SSSR count). The van der Waals surface area contributed by atoms with Gasteiger partial charge in [-0.1, -0.05) is 58.4 Å². The van der Waals surface area contributed by atoms with Crippen LogP contribution in [-0.2, 0) is 0 Å². The minimum Gasteiger partial charge on any atom is -0.436 e. The van der Waals surface area contributed by atoms with Gasteiger partial charge in [-0.05, 0) is 42.5 Å². The van der Waals surface area contributed by atoms with Crippen LogP contribution in [0.25, 0.3) is 11.0 Å². The lowest BCUT2D eigenvalue weighted by atomic mass is 10.1. The number of carbonyl (C=O) groups is 2. The molecule has 1 heterocycles. The van der Waals surface area contributed by atoms with Crippen molar-refractivity contribution in [1.29, 1.82) is 0 Å². The highest BCUT2D eigenvalue weighted by Gasteiger charge is 2.14. The maximum atomic E-state index is 12.9. The number of hydrogen-bond donors (Lipinski definition) is 2. The molecular weight excluding hydrogens is 446 g/mol. The molecule has 0 saturated carbocycles. The molecule has 2 N–H and O–H groups in total. The molecule has 0 fully saturated rings. The zero-order valence-corrected chi connectivity index (χ0v) is 17.2. The number of hydrogen-bond acceptors (Lipinski definition) is 4. The Morgan fingerprint density at radius 1 is 0.833 bits per heavy atom. The molecule has 0 atom stereocenters. The van der Waals surface area contributed by atoms with Crippen molar-refractivity contribution in [2.75, 3.05) is 5.32 Å². The third-order valence-corrected chi connectivity index (χ3v) is 4.77. The quantitative estimate of drug-likeness (QED) is 0.432. The van der Waals surface area contributed by atoms with E-state index in [-0.39, 0.29) is 11.1 Å². The van der Waals surface area contributed by atoms with Gasteiger partial charge in [0.1, 0.15) is 11.1 Å². The fraction of sp³-hybridized carbons (Fsp3) is 0. The smallest absolute Gasteiger partial charge is 0.271 e. The monoisotopic (exact) mass is 461 g/mol. The summed E-state index contributed by atoms with van der Waals surface area (Å²) in [5, 5.41) is 7.64. The molecule has 0 saturated heterocycles. The lowest BCUT2D eigenvalue weighted by Crippen LogP contribution is -2.26. The first-order valence-corrected chi connectivity index (χ1v) is 9.88. The van der Waals surface area contributed by atoms with E-state index in [1.54, 1.807) is 42.5 Å². The third-order valence-electron chi connectivity index (χ3n) is 4.28. The second-order valence-corrected chi connectivity index (χ2v) is 7.30. The number of nitrogens with one attached hydrogen (secondary N) is 2. The average molecular weight is 462 g/mol. The van der Waals surface area contributed by atoms with Gasteiger partial charge in [0.2, 0.25) is 5.55 Å². The van der Waals surface area contributed by atoms with E-state index in [0.29, 0.717) is 16.8 Å². The first kappa shape index (κ1) is 19.6. The van der Waals surface area contributed by atoms with Gasteiger partial charge in [0.05, 0.1) is 0 Å². The fourth-order valence-electron chi connectivity index (χ4n) is 2.83. The number of halogens is 1. The van der Waals surface area contributed by atoms with E-state index in [0.717, 1.165) is 9.86 Å². The summed E-state index contributed by atoms with van der Waals surface area (Å²) in [6, 6.07) is 24.9. The highest BCUT2D eigenvalue weighted by molar-refractivity contribution is 9.10. The molecule has 0 radical (unpaired) electrons. The molecule has 7 heteroatoms. The number of nitrogens with zero attached hydrogens (tertiary/aromatic N) is 1. The molecule has 0 aliphatic carbocycles. The zero-order chi connectivity index (χ0) is 20.9. The van der Waals surface area contributed by atoms with Gasteiger partial charge < -0.3 is 9.73 Å². The van der Waals surface area contributed by atoms with Gasteiger partial charge in [-0.15, -0.1) is 5.10 Å². The minimum atomic E-state index is -0.422. The minimum absolute atomic E-state index is 0.00507. The topological polar surface area (TPSA) is 83.7 Å². The van der Waals surface area contributed by atoms with E-state index in [2.05, 4.69) is 31.8 Å². The average Bonchev–Trinajstić information content (AvgIpc) is 2.77. The van der Waals surface area contributed by atoms with Gasteiger partial charge >= 0.3 is 0 Å². The van der Waals surface area contributed by atoms with E-state index in [9.17, 15) is 9.59 Å². The summed E-state index contributed by atoms with van der Waals surface area (Å²) in [7, 11) is 0. The van der Waals surface area contributed by atoms with Crippen molar-refractivity contribution in [3.8, 4) is 0 Å². The summed E-state index contributed by atoms with van der Waals surface area (Å²) in [5.41, 5.74) is 4.27. The van der Waals surface area contributed by atoms with Crippen molar-refractivity contribution in [3.05, 3.63) is 106 Å². The molecule has 0 bridgehead atoms. The molecule has 0 spiro atoms. The van der Waals surface area contributed by atoms with E-state index in [1.165, 1.54) is 0 Å². The summed E-state index contributed by atoms with van der Waals surface area (Å²) < 4.78 is 6.58. The van der Waals surface area contributed by atoms with E-state index in [4.69, 9.17) is 4.42 Å². The van der Waals surface area contributed by atoms with Crippen molar-refractivity contribution < 1.29 is 14.0 Å². The standard InChI is InChI=1S/C23H16BrN3O3/c24-17-9-6-8-16(13-17)21(28)26-27-23-19(14-15-7-4-5-12-20(15)30-23)22(29)25-18-10-2-1-3-11-18/h1-14H,(H,25,29)(H,26,28)/b27-23+. The Bertz CT molecular complexity index is 1300. The van der Waals surface area contributed by atoms with Crippen molar-refractivity contribution in [2.24, 2.45) is 5.10 Å². The highest BCUT2D eigenvalue weighted by Crippen LogP contribution is 2.15. The normalized spacial score (nSPS) is 11.3. The Hall–Kier alpha value is -3.71. The molecule has 6 nitrogen and oxygen atoms in total. The number of para-hydroxylation sites is 2. The first-order valence-electron chi connectivity index (χ1n) is 9.09. The van der Waals surface area contributed by atoms with Crippen LogP contribution in [0.3, 0.4) is 0 Å².